The molecule has 0 aliphatic rings. The van der Waals surface area contributed by atoms with Crippen LogP contribution in [0, 0.1) is 0 Å². The van der Waals surface area contributed by atoms with Gasteiger partial charge in [0.1, 0.15) is 0 Å². The van der Waals surface area contributed by atoms with Crippen molar-refractivity contribution in [2.75, 3.05) is 7.11 Å². The first-order valence-electron chi connectivity index (χ1n) is 8.62. The molecule has 0 atom stereocenters. The fourth-order valence-corrected chi connectivity index (χ4v) is 3.16. The van der Waals surface area contributed by atoms with Gasteiger partial charge in [0.15, 0.2) is 0 Å². The molecule has 0 unspecified atom stereocenters. The molecule has 0 spiro atoms. The lowest BCUT2D eigenvalue weighted by molar-refractivity contribution is 0.400. The monoisotopic (exact) mass is 337 g/mol. The fraction of sp³-hybridized carbons (Fsp3) is 0.0417. The van der Waals surface area contributed by atoms with Crippen LogP contribution < -0.4 is 4.74 Å². The van der Waals surface area contributed by atoms with Gasteiger partial charge < -0.3 is 4.74 Å². The fourth-order valence-electron chi connectivity index (χ4n) is 3.16. The first-order chi connectivity index (χ1) is 12.9. The molecule has 1 heterocycles. The van der Waals surface area contributed by atoms with Crippen molar-refractivity contribution in [3.8, 4) is 39.4 Å². The molecule has 0 aliphatic carbocycles. The van der Waals surface area contributed by atoms with E-state index in [2.05, 4.69) is 54.6 Å². The molecule has 126 valence electrons. The maximum Gasteiger partial charge on any atom is 0.222 e. The van der Waals surface area contributed by atoms with Crippen molar-refractivity contribution in [2.24, 2.45) is 0 Å². The average molecular weight is 337 g/mol. The molecular formula is C24H19NO. The number of rotatable bonds is 4. The van der Waals surface area contributed by atoms with Crippen LogP contribution in [0.25, 0.3) is 33.5 Å². The summed E-state index contributed by atoms with van der Waals surface area (Å²) in [6.45, 7) is 0. The summed E-state index contributed by atoms with van der Waals surface area (Å²) < 4.78 is 5.71. The lowest BCUT2D eigenvalue weighted by Crippen LogP contribution is -1.97. The van der Waals surface area contributed by atoms with Gasteiger partial charge in [-0.05, 0) is 22.8 Å². The van der Waals surface area contributed by atoms with Crippen LogP contribution in [-0.4, -0.2) is 12.1 Å². The molecule has 0 saturated carbocycles. The molecule has 0 radical (unpaired) electrons. The zero-order chi connectivity index (χ0) is 17.8. The van der Waals surface area contributed by atoms with Gasteiger partial charge in [-0.3, -0.25) is 0 Å². The minimum Gasteiger partial charge on any atom is -0.481 e. The molecule has 4 aromatic rings. The Kier molecular flexibility index (Phi) is 4.48. The van der Waals surface area contributed by atoms with Crippen LogP contribution in [0.15, 0.2) is 97.1 Å². The van der Waals surface area contributed by atoms with Crippen molar-refractivity contribution in [3.63, 3.8) is 0 Å². The highest BCUT2D eigenvalue weighted by atomic mass is 16.5. The maximum atomic E-state index is 5.71. The van der Waals surface area contributed by atoms with E-state index in [-0.39, 0.29) is 0 Å². The van der Waals surface area contributed by atoms with Crippen molar-refractivity contribution in [3.05, 3.63) is 97.1 Å². The van der Waals surface area contributed by atoms with E-state index in [9.17, 15) is 0 Å². The summed E-state index contributed by atoms with van der Waals surface area (Å²) in [5, 5.41) is 0. The summed E-state index contributed by atoms with van der Waals surface area (Å²) in [6, 6.07) is 33.0. The Balaban J connectivity index is 2.01. The van der Waals surface area contributed by atoms with Gasteiger partial charge in [0.25, 0.3) is 0 Å². The van der Waals surface area contributed by atoms with Crippen LogP contribution in [0.4, 0.5) is 0 Å². The van der Waals surface area contributed by atoms with Crippen molar-refractivity contribution in [2.45, 2.75) is 0 Å². The van der Waals surface area contributed by atoms with Gasteiger partial charge in [-0.25, -0.2) is 4.98 Å². The molecule has 4 rings (SSSR count). The molecule has 0 bridgehead atoms. The summed E-state index contributed by atoms with van der Waals surface area (Å²) >= 11 is 0. The second kappa shape index (κ2) is 7.24. The summed E-state index contributed by atoms with van der Waals surface area (Å²) in [6.07, 6.45) is 0. The van der Waals surface area contributed by atoms with E-state index in [0.717, 1.165) is 33.5 Å². The summed E-state index contributed by atoms with van der Waals surface area (Å²) in [4.78, 5) is 4.80. The highest BCUT2D eigenvalue weighted by Crippen LogP contribution is 2.40. The molecule has 0 saturated heterocycles. The Morgan fingerprint density at radius 1 is 0.615 bits per heavy atom. The van der Waals surface area contributed by atoms with Gasteiger partial charge in [-0.1, -0.05) is 91.0 Å². The third kappa shape index (κ3) is 3.09. The number of hydrogen-bond acceptors (Lipinski definition) is 2. The Hall–Kier alpha value is -3.39. The molecule has 0 aliphatic heterocycles. The van der Waals surface area contributed by atoms with E-state index in [1.807, 2.05) is 42.5 Å². The summed E-state index contributed by atoms with van der Waals surface area (Å²) in [7, 11) is 1.68. The van der Waals surface area contributed by atoms with Gasteiger partial charge in [0, 0.05) is 5.56 Å². The quantitative estimate of drug-likeness (QED) is 0.449. The van der Waals surface area contributed by atoms with Gasteiger partial charge in [0.2, 0.25) is 5.88 Å². The minimum absolute atomic E-state index is 0.636. The highest BCUT2D eigenvalue weighted by molar-refractivity contribution is 5.89. The zero-order valence-corrected chi connectivity index (χ0v) is 14.6. The molecule has 2 nitrogen and oxygen atoms in total. The molecule has 0 N–H and O–H groups in total. The Morgan fingerprint density at radius 3 is 1.65 bits per heavy atom. The van der Waals surface area contributed by atoms with E-state index < -0.39 is 0 Å². The zero-order valence-electron chi connectivity index (χ0n) is 14.6. The third-order valence-corrected chi connectivity index (χ3v) is 4.40. The average Bonchev–Trinajstić information content (AvgIpc) is 2.74. The van der Waals surface area contributed by atoms with Gasteiger partial charge in [-0.2, -0.15) is 0 Å². The lowest BCUT2D eigenvalue weighted by atomic mass is 9.94. The second-order valence-electron chi connectivity index (χ2n) is 6.04. The Labute approximate surface area is 153 Å². The molecule has 3 aromatic carbocycles. The minimum atomic E-state index is 0.636. The van der Waals surface area contributed by atoms with Gasteiger partial charge in [0.05, 0.1) is 18.4 Å². The van der Waals surface area contributed by atoms with E-state index in [0.29, 0.717) is 5.88 Å². The first kappa shape index (κ1) is 16.1. The molecule has 0 fully saturated rings. The number of hydrogen-bond donors (Lipinski definition) is 0. The SMILES string of the molecule is COc1nc(-c2ccccc2)cc(-c2ccccc2)c1-c1ccccc1. The van der Waals surface area contributed by atoms with E-state index in [1.54, 1.807) is 7.11 Å². The lowest BCUT2D eigenvalue weighted by Gasteiger charge is -2.16. The molecule has 1 aromatic heterocycles. The number of benzene rings is 3. The third-order valence-electron chi connectivity index (χ3n) is 4.40. The highest BCUT2D eigenvalue weighted by Gasteiger charge is 2.17. The van der Waals surface area contributed by atoms with E-state index >= 15 is 0 Å². The van der Waals surface area contributed by atoms with Gasteiger partial charge >= 0.3 is 0 Å². The van der Waals surface area contributed by atoms with Crippen molar-refractivity contribution >= 4 is 0 Å². The number of nitrogens with zero attached hydrogens (tertiary/aromatic N) is 1. The molecule has 0 amide bonds. The van der Waals surface area contributed by atoms with E-state index in [1.165, 1.54) is 0 Å². The number of methoxy groups -OCH3 is 1. The van der Waals surface area contributed by atoms with Crippen molar-refractivity contribution < 1.29 is 4.74 Å². The van der Waals surface area contributed by atoms with Crippen LogP contribution in [0.2, 0.25) is 0 Å². The van der Waals surface area contributed by atoms with Crippen LogP contribution in [0.3, 0.4) is 0 Å². The van der Waals surface area contributed by atoms with E-state index in [4.69, 9.17) is 9.72 Å². The van der Waals surface area contributed by atoms with Crippen LogP contribution in [-0.2, 0) is 0 Å². The number of pyridine rings is 1. The Bertz CT molecular complexity index is 996. The first-order valence-corrected chi connectivity index (χ1v) is 8.62. The van der Waals surface area contributed by atoms with Gasteiger partial charge in [-0.15, -0.1) is 0 Å². The Morgan fingerprint density at radius 2 is 1.12 bits per heavy atom. The molecular weight excluding hydrogens is 318 g/mol. The smallest absolute Gasteiger partial charge is 0.222 e. The molecule has 2 heteroatoms. The van der Waals surface area contributed by atoms with Crippen LogP contribution in [0.5, 0.6) is 5.88 Å². The normalized spacial score (nSPS) is 10.5. The van der Waals surface area contributed by atoms with Crippen molar-refractivity contribution in [1.29, 1.82) is 0 Å². The van der Waals surface area contributed by atoms with Crippen LogP contribution >= 0.6 is 0 Å². The van der Waals surface area contributed by atoms with Crippen LogP contribution in [0.1, 0.15) is 0 Å². The second-order valence-corrected chi connectivity index (χ2v) is 6.04. The predicted molar refractivity (Wildman–Crippen MR) is 107 cm³/mol. The largest absolute Gasteiger partial charge is 0.481 e. The summed E-state index contributed by atoms with van der Waals surface area (Å²) in [5.74, 6) is 0.636. The number of ether oxygens (including phenoxy) is 1. The standard InChI is InChI=1S/C24H19NO/c1-26-24-23(20-15-9-4-10-16-20)21(18-11-5-2-6-12-18)17-22(25-24)19-13-7-3-8-14-19/h2-17H,1H3. The van der Waals surface area contributed by atoms with Crippen molar-refractivity contribution in [1.82, 2.24) is 4.98 Å². The topological polar surface area (TPSA) is 22.1 Å². The molecule has 26 heavy (non-hydrogen) atoms. The predicted octanol–water partition coefficient (Wildman–Crippen LogP) is 6.09. The maximum absolute atomic E-state index is 5.71. The number of aromatic nitrogens is 1. The summed E-state index contributed by atoms with van der Waals surface area (Å²) in [5.41, 5.74) is 6.34.